The van der Waals surface area contributed by atoms with Gasteiger partial charge in [0.05, 0.1) is 25.0 Å². The summed E-state index contributed by atoms with van der Waals surface area (Å²) >= 11 is 0. The van der Waals surface area contributed by atoms with Gasteiger partial charge in [-0.2, -0.15) is 0 Å². The van der Waals surface area contributed by atoms with E-state index in [2.05, 4.69) is 4.74 Å². The van der Waals surface area contributed by atoms with Crippen LogP contribution in [0.2, 0.25) is 0 Å². The van der Waals surface area contributed by atoms with Crippen LogP contribution in [0.3, 0.4) is 0 Å². The highest BCUT2D eigenvalue weighted by Gasteiger charge is 2.11. The third kappa shape index (κ3) is 3.92. The molecule has 0 radical (unpaired) electrons. The average molecular weight is 253 g/mol. The van der Waals surface area contributed by atoms with Gasteiger partial charge in [0.15, 0.2) is 0 Å². The Hall–Kier alpha value is -1.75. The van der Waals surface area contributed by atoms with Gasteiger partial charge in [0, 0.05) is 6.61 Å². The molecule has 0 saturated carbocycles. The SMILES string of the molecule is CCOCC(C)Oc1cc(C(=O)OC)ccc1N. The highest BCUT2D eigenvalue weighted by Crippen LogP contribution is 2.24. The normalized spacial score (nSPS) is 11.9. The molecule has 0 spiro atoms. The Labute approximate surface area is 107 Å². The monoisotopic (exact) mass is 253 g/mol. The van der Waals surface area contributed by atoms with Crippen molar-refractivity contribution in [2.45, 2.75) is 20.0 Å². The molecule has 0 bridgehead atoms. The predicted octanol–water partition coefficient (Wildman–Crippen LogP) is 1.86. The standard InChI is InChI=1S/C13H19NO4/c1-4-17-8-9(2)18-12-7-10(13(15)16-3)5-6-11(12)14/h5-7,9H,4,8,14H2,1-3H3. The molecule has 1 atom stereocenters. The summed E-state index contributed by atoms with van der Waals surface area (Å²) in [5.74, 6) is 0.0439. The first-order valence-electron chi connectivity index (χ1n) is 5.80. The van der Waals surface area contributed by atoms with Crippen molar-refractivity contribution >= 4 is 11.7 Å². The fourth-order valence-electron chi connectivity index (χ4n) is 1.42. The van der Waals surface area contributed by atoms with Crippen molar-refractivity contribution in [3.8, 4) is 5.75 Å². The van der Waals surface area contributed by atoms with Crippen LogP contribution >= 0.6 is 0 Å². The maximum absolute atomic E-state index is 11.4. The van der Waals surface area contributed by atoms with Gasteiger partial charge >= 0.3 is 5.97 Å². The van der Waals surface area contributed by atoms with Crippen LogP contribution in [-0.2, 0) is 9.47 Å². The summed E-state index contributed by atoms with van der Waals surface area (Å²) in [5.41, 5.74) is 6.68. The molecule has 0 aliphatic carbocycles. The summed E-state index contributed by atoms with van der Waals surface area (Å²) in [6.45, 7) is 4.89. The lowest BCUT2D eigenvalue weighted by Crippen LogP contribution is -2.20. The Balaban J connectivity index is 2.77. The molecule has 1 aromatic rings. The third-order valence-electron chi connectivity index (χ3n) is 2.32. The van der Waals surface area contributed by atoms with Crippen LogP contribution in [0.1, 0.15) is 24.2 Å². The van der Waals surface area contributed by atoms with Gasteiger partial charge in [-0.3, -0.25) is 0 Å². The van der Waals surface area contributed by atoms with Gasteiger partial charge < -0.3 is 19.9 Å². The van der Waals surface area contributed by atoms with Gasteiger partial charge in [0.25, 0.3) is 0 Å². The van der Waals surface area contributed by atoms with E-state index in [4.69, 9.17) is 15.2 Å². The minimum atomic E-state index is -0.419. The number of carbonyl (C=O) groups is 1. The molecular weight excluding hydrogens is 234 g/mol. The fourth-order valence-corrected chi connectivity index (χ4v) is 1.42. The molecule has 0 saturated heterocycles. The van der Waals surface area contributed by atoms with E-state index in [1.807, 2.05) is 13.8 Å². The molecule has 1 rings (SSSR count). The lowest BCUT2D eigenvalue weighted by molar-refractivity contribution is 0.0595. The summed E-state index contributed by atoms with van der Waals surface area (Å²) < 4.78 is 15.5. The molecule has 5 heteroatoms. The van der Waals surface area contributed by atoms with Crippen LogP contribution in [0.4, 0.5) is 5.69 Å². The molecule has 0 fully saturated rings. The van der Waals surface area contributed by atoms with E-state index >= 15 is 0 Å². The molecular formula is C13H19NO4. The number of nitrogen functional groups attached to an aromatic ring is 1. The lowest BCUT2D eigenvalue weighted by atomic mass is 10.2. The molecule has 1 aromatic carbocycles. The van der Waals surface area contributed by atoms with Crippen molar-refractivity contribution in [1.82, 2.24) is 0 Å². The van der Waals surface area contributed by atoms with E-state index in [-0.39, 0.29) is 6.10 Å². The van der Waals surface area contributed by atoms with Gasteiger partial charge in [0.2, 0.25) is 0 Å². The van der Waals surface area contributed by atoms with Crippen molar-refractivity contribution < 1.29 is 19.0 Å². The van der Waals surface area contributed by atoms with Crippen LogP contribution in [0.5, 0.6) is 5.75 Å². The summed E-state index contributed by atoms with van der Waals surface area (Å²) in [4.78, 5) is 11.4. The van der Waals surface area contributed by atoms with E-state index in [0.29, 0.717) is 30.2 Å². The number of ether oxygens (including phenoxy) is 3. The Morgan fingerprint density at radius 1 is 1.44 bits per heavy atom. The maximum Gasteiger partial charge on any atom is 0.337 e. The predicted molar refractivity (Wildman–Crippen MR) is 68.8 cm³/mol. The fraction of sp³-hybridized carbons (Fsp3) is 0.462. The van der Waals surface area contributed by atoms with Gasteiger partial charge in [-0.25, -0.2) is 4.79 Å². The topological polar surface area (TPSA) is 70.8 Å². The zero-order valence-corrected chi connectivity index (χ0v) is 10.9. The molecule has 5 nitrogen and oxygen atoms in total. The maximum atomic E-state index is 11.4. The number of nitrogens with two attached hydrogens (primary N) is 1. The Morgan fingerprint density at radius 3 is 2.78 bits per heavy atom. The Kier molecular flexibility index (Phi) is 5.45. The second-order valence-corrected chi connectivity index (χ2v) is 3.83. The second kappa shape index (κ2) is 6.86. The van der Waals surface area contributed by atoms with Crippen LogP contribution in [0.15, 0.2) is 18.2 Å². The van der Waals surface area contributed by atoms with E-state index in [9.17, 15) is 4.79 Å². The second-order valence-electron chi connectivity index (χ2n) is 3.83. The number of rotatable bonds is 6. The highest BCUT2D eigenvalue weighted by atomic mass is 16.5. The van der Waals surface area contributed by atoms with Crippen molar-refractivity contribution in [2.75, 3.05) is 26.1 Å². The number of hydrogen-bond acceptors (Lipinski definition) is 5. The Morgan fingerprint density at radius 2 is 2.17 bits per heavy atom. The van der Waals surface area contributed by atoms with Crippen molar-refractivity contribution in [3.63, 3.8) is 0 Å². The van der Waals surface area contributed by atoms with E-state index in [1.165, 1.54) is 7.11 Å². The molecule has 18 heavy (non-hydrogen) atoms. The number of carbonyl (C=O) groups excluding carboxylic acids is 1. The summed E-state index contributed by atoms with van der Waals surface area (Å²) in [7, 11) is 1.33. The van der Waals surface area contributed by atoms with Crippen molar-refractivity contribution in [1.29, 1.82) is 0 Å². The highest BCUT2D eigenvalue weighted by molar-refractivity contribution is 5.90. The number of esters is 1. The zero-order chi connectivity index (χ0) is 13.5. The quantitative estimate of drug-likeness (QED) is 0.619. The van der Waals surface area contributed by atoms with Crippen LogP contribution in [-0.4, -0.2) is 32.4 Å². The average Bonchev–Trinajstić information content (AvgIpc) is 2.38. The summed E-state index contributed by atoms with van der Waals surface area (Å²) in [5, 5.41) is 0. The molecule has 2 N–H and O–H groups in total. The molecule has 0 aliphatic rings. The summed E-state index contributed by atoms with van der Waals surface area (Å²) in [6, 6.07) is 4.79. The molecule has 0 amide bonds. The minimum Gasteiger partial charge on any atom is -0.486 e. The van der Waals surface area contributed by atoms with Crippen LogP contribution in [0.25, 0.3) is 0 Å². The van der Waals surface area contributed by atoms with Gasteiger partial charge in [0.1, 0.15) is 11.9 Å². The van der Waals surface area contributed by atoms with Crippen LogP contribution < -0.4 is 10.5 Å². The molecule has 100 valence electrons. The van der Waals surface area contributed by atoms with Gasteiger partial charge in [-0.1, -0.05) is 0 Å². The number of anilines is 1. The van der Waals surface area contributed by atoms with Crippen molar-refractivity contribution in [3.05, 3.63) is 23.8 Å². The first-order chi connectivity index (χ1) is 8.58. The first kappa shape index (κ1) is 14.3. The molecule has 1 unspecified atom stereocenters. The van der Waals surface area contributed by atoms with Crippen LogP contribution in [0, 0.1) is 0 Å². The zero-order valence-electron chi connectivity index (χ0n) is 10.9. The number of hydrogen-bond donors (Lipinski definition) is 1. The lowest BCUT2D eigenvalue weighted by Gasteiger charge is -2.16. The third-order valence-corrected chi connectivity index (χ3v) is 2.32. The minimum absolute atomic E-state index is 0.139. The molecule has 0 aromatic heterocycles. The molecule has 0 aliphatic heterocycles. The van der Waals surface area contributed by atoms with Crippen molar-refractivity contribution in [2.24, 2.45) is 0 Å². The van der Waals surface area contributed by atoms with Gasteiger partial charge in [-0.15, -0.1) is 0 Å². The number of benzene rings is 1. The molecule has 0 heterocycles. The van der Waals surface area contributed by atoms with E-state index in [1.54, 1.807) is 18.2 Å². The first-order valence-corrected chi connectivity index (χ1v) is 5.80. The smallest absolute Gasteiger partial charge is 0.337 e. The Bertz CT molecular complexity index is 406. The van der Waals surface area contributed by atoms with E-state index < -0.39 is 5.97 Å². The summed E-state index contributed by atoms with van der Waals surface area (Å²) in [6.07, 6.45) is -0.139. The van der Waals surface area contributed by atoms with E-state index in [0.717, 1.165) is 0 Å². The van der Waals surface area contributed by atoms with Gasteiger partial charge in [-0.05, 0) is 32.0 Å². The number of methoxy groups -OCH3 is 1. The largest absolute Gasteiger partial charge is 0.486 e.